The van der Waals surface area contributed by atoms with E-state index in [2.05, 4.69) is 4.98 Å². The van der Waals surface area contributed by atoms with Gasteiger partial charge in [-0.1, -0.05) is 35.3 Å². The molecule has 0 saturated carbocycles. The molecule has 3 heterocycles. The smallest absolute Gasteiger partial charge is 0.273 e. The Morgan fingerprint density at radius 1 is 1.11 bits per heavy atom. The van der Waals surface area contributed by atoms with E-state index in [1.165, 1.54) is 6.07 Å². The van der Waals surface area contributed by atoms with Gasteiger partial charge in [0.1, 0.15) is 0 Å². The third-order valence-corrected chi connectivity index (χ3v) is 5.62. The van der Waals surface area contributed by atoms with E-state index in [9.17, 15) is 4.79 Å². The van der Waals surface area contributed by atoms with Crippen LogP contribution in [0.3, 0.4) is 0 Å². The number of rotatable bonds is 3. The van der Waals surface area contributed by atoms with Crippen LogP contribution in [0.2, 0.25) is 10.0 Å². The normalized spacial score (nSPS) is 11.3. The predicted molar refractivity (Wildman–Crippen MR) is 108 cm³/mol. The minimum absolute atomic E-state index is 0.138. The van der Waals surface area contributed by atoms with Crippen molar-refractivity contribution in [2.75, 3.05) is 0 Å². The number of pyridine rings is 1. The Balaban J connectivity index is 1.95. The molecule has 0 amide bonds. The summed E-state index contributed by atoms with van der Waals surface area (Å²) in [5.41, 5.74) is 4.72. The summed E-state index contributed by atoms with van der Waals surface area (Å²) in [6.07, 6.45) is 3.89. The highest BCUT2D eigenvalue weighted by Gasteiger charge is 2.18. The molecule has 4 rings (SSSR count). The Labute approximate surface area is 165 Å². The lowest BCUT2D eigenvalue weighted by atomic mass is 10.0. The molecule has 4 aromatic rings. The van der Waals surface area contributed by atoms with Crippen molar-refractivity contribution in [3.8, 4) is 11.3 Å². The lowest BCUT2D eigenvalue weighted by Gasteiger charge is -2.06. The maximum atomic E-state index is 12.8. The number of aryl methyl sites for hydroxylation is 1. The lowest BCUT2D eigenvalue weighted by molar-refractivity contribution is 0.660. The van der Waals surface area contributed by atoms with Crippen molar-refractivity contribution in [1.29, 1.82) is 0 Å². The average molecular weight is 399 g/mol. The summed E-state index contributed by atoms with van der Waals surface area (Å²) in [4.78, 5) is 21.6. The quantitative estimate of drug-likeness (QED) is 0.516. The topological polar surface area (TPSA) is 52.2 Å². The van der Waals surface area contributed by atoms with Crippen LogP contribution in [0, 0.1) is 6.92 Å². The molecule has 0 aliphatic heterocycles. The van der Waals surface area contributed by atoms with Gasteiger partial charge in [-0.2, -0.15) is 4.52 Å². The van der Waals surface area contributed by atoms with Crippen molar-refractivity contribution in [1.82, 2.24) is 19.2 Å². The first kappa shape index (κ1) is 17.8. The molecule has 0 saturated heterocycles. The van der Waals surface area contributed by atoms with Gasteiger partial charge in [-0.05, 0) is 30.7 Å². The molecule has 0 aliphatic carbocycles. The number of aromatic nitrogens is 4. The largest absolute Gasteiger partial charge is 0.284 e. The van der Waals surface area contributed by atoms with Crippen LogP contribution < -0.4 is 5.56 Å². The monoisotopic (exact) mass is 398 g/mol. The van der Waals surface area contributed by atoms with Crippen molar-refractivity contribution < 1.29 is 0 Å². The zero-order valence-electron chi connectivity index (χ0n) is 14.8. The molecule has 27 heavy (non-hydrogen) atoms. The summed E-state index contributed by atoms with van der Waals surface area (Å²) in [5.74, 6) is 0. The maximum Gasteiger partial charge on any atom is 0.273 e. The van der Waals surface area contributed by atoms with Gasteiger partial charge >= 0.3 is 0 Å². The van der Waals surface area contributed by atoms with Gasteiger partial charge in [0.25, 0.3) is 5.56 Å². The standard InChI is InChI=1S/C20H16Cl2N4O/c1-12-15(10-14-4-3-5-16(21)19(14)22)20-24-17(13-6-8-23-9-7-13)11-18(27)26(20)25(12)2/h3-9,11H,10H2,1-2H3. The molecular formula is C20H16Cl2N4O. The van der Waals surface area contributed by atoms with Crippen LogP contribution in [0.1, 0.15) is 16.8 Å². The fourth-order valence-electron chi connectivity index (χ4n) is 3.22. The summed E-state index contributed by atoms with van der Waals surface area (Å²) >= 11 is 12.5. The van der Waals surface area contributed by atoms with Crippen molar-refractivity contribution >= 4 is 28.8 Å². The molecule has 0 atom stereocenters. The molecule has 0 bridgehead atoms. The predicted octanol–water partition coefficient (Wildman–Crippen LogP) is 4.30. The first-order valence-corrected chi connectivity index (χ1v) is 9.14. The Hall–Kier alpha value is -2.63. The third-order valence-electron chi connectivity index (χ3n) is 4.76. The SMILES string of the molecule is Cc1c(Cc2cccc(Cl)c2Cl)c2nc(-c3ccncc3)cc(=O)n2n1C. The molecule has 0 fully saturated rings. The maximum absolute atomic E-state index is 12.8. The fourth-order valence-corrected chi connectivity index (χ4v) is 3.61. The van der Waals surface area contributed by atoms with E-state index in [1.54, 1.807) is 23.0 Å². The van der Waals surface area contributed by atoms with Crippen LogP contribution in [-0.2, 0) is 13.5 Å². The van der Waals surface area contributed by atoms with Crippen LogP contribution in [0.5, 0.6) is 0 Å². The molecule has 7 heteroatoms. The van der Waals surface area contributed by atoms with Crippen molar-refractivity contribution in [3.05, 3.63) is 86.0 Å². The van der Waals surface area contributed by atoms with Gasteiger partial charge in [0.2, 0.25) is 0 Å². The van der Waals surface area contributed by atoms with Crippen LogP contribution >= 0.6 is 23.2 Å². The van der Waals surface area contributed by atoms with Crippen LogP contribution in [0.4, 0.5) is 0 Å². The van der Waals surface area contributed by atoms with Gasteiger partial charge < -0.3 is 0 Å². The second-order valence-corrected chi connectivity index (χ2v) is 7.11. The summed E-state index contributed by atoms with van der Waals surface area (Å²) in [6, 6.07) is 10.8. The molecule has 0 N–H and O–H groups in total. The van der Waals surface area contributed by atoms with E-state index >= 15 is 0 Å². The van der Waals surface area contributed by atoms with Crippen LogP contribution in [-0.4, -0.2) is 19.2 Å². The van der Waals surface area contributed by atoms with Gasteiger partial charge in [0.05, 0.1) is 15.7 Å². The highest BCUT2D eigenvalue weighted by atomic mass is 35.5. The second kappa shape index (κ2) is 6.83. The lowest BCUT2D eigenvalue weighted by Crippen LogP contribution is -2.19. The fraction of sp³-hybridized carbons (Fsp3) is 0.150. The first-order chi connectivity index (χ1) is 13.0. The number of hydrogen-bond acceptors (Lipinski definition) is 3. The van der Waals surface area contributed by atoms with Gasteiger partial charge in [-0.25, -0.2) is 4.98 Å². The third kappa shape index (κ3) is 3.03. The molecular weight excluding hydrogens is 383 g/mol. The highest BCUT2D eigenvalue weighted by molar-refractivity contribution is 6.42. The molecule has 0 aliphatic rings. The van der Waals surface area contributed by atoms with E-state index < -0.39 is 0 Å². The molecule has 0 unspecified atom stereocenters. The average Bonchev–Trinajstić information content (AvgIpc) is 2.91. The molecule has 136 valence electrons. The molecule has 0 spiro atoms. The minimum atomic E-state index is -0.138. The zero-order chi connectivity index (χ0) is 19.1. The van der Waals surface area contributed by atoms with Crippen molar-refractivity contribution in [3.63, 3.8) is 0 Å². The van der Waals surface area contributed by atoms with E-state index in [4.69, 9.17) is 28.2 Å². The molecule has 0 radical (unpaired) electrons. The van der Waals surface area contributed by atoms with Crippen LogP contribution in [0.15, 0.2) is 53.6 Å². The Morgan fingerprint density at radius 3 is 2.59 bits per heavy atom. The Bertz CT molecular complexity index is 1210. The number of benzene rings is 1. The minimum Gasteiger partial charge on any atom is -0.284 e. The number of hydrogen-bond donors (Lipinski definition) is 0. The molecule has 5 nitrogen and oxygen atoms in total. The number of nitrogens with zero attached hydrogens (tertiary/aromatic N) is 4. The van der Waals surface area contributed by atoms with E-state index in [0.717, 1.165) is 22.4 Å². The van der Waals surface area contributed by atoms with Gasteiger partial charge in [-0.3, -0.25) is 14.5 Å². The van der Waals surface area contributed by atoms with Crippen molar-refractivity contribution in [2.45, 2.75) is 13.3 Å². The van der Waals surface area contributed by atoms with Gasteiger partial charge in [-0.15, -0.1) is 0 Å². The van der Waals surface area contributed by atoms with Gasteiger partial charge in [0.15, 0.2) is 5.65 Å². The molecule has 1 aromatic carbocycles. The Kier molecular flexibility index (Phi) is 4.50. The number of halogens is 2. The molecule has 3 aromatic heterocycles. The summed E-state index contributed by atoms with van der Waals surface area (Å²) in [6.45, 7) is 1.97. The van der Waals surface area contributed by atoms with E-state index in [-0.39, 0.29) is 5.56 Å². The second-order valence-electron chi connectivity index (χ2n) is 6.33. The van der Waals surface area contributed by atoms with Gasteiger partial charge in [0, 0.05) is 48.7 Å². The van der Waals surface area contributed by atoms with E-state index in [1.807, 2.05) is 42.9 Å². The summed E-state index contributed by atoms with van der Waals surface area (Å²) in [5, 5.41) is 1.03. The Morgan fingerprint density at radius 2 is 1.85 bits per heavy atom. The van der Waals surface area contributed by atoms with Crippen molar-refractivity contribution in [2.24, 2.45) is 7.05 Å². The van der Waals surface area contributed by atoms with E-state index in [0.29, 0.717) is 27.8 Å². The summed E-state index contributed by atoms with van der Waals surface area (Å²) < 4.78 is 3.39. The number of fused-ring (bicyclic) bond motifs is 1. The summed E-state index contributed by atoms with van der Waals surface area (Å²) in [7, 11) is 1.85. The van der Waals surface area contributed by atoms with Crippen LogP contribution in [0.25, 0.3) is 16.9 Å². The first-order valence-electron chi connectivity index (χ1n) is 8.39. The highest BCUT2D eigenvalue weighted by Crippen LogP contribution is 2.29. The zero-order valence-corrected chi connectivity index (χ0v) is 16.3.